The van der Waals surface area contributed by atoms with Crippen LogP contribution in [0.15, 0.2) is 23.8 Å². The number of likely N-dealkylation sites (tertiary alicyclic amines) is 1. The van der Waals surface area contributed by atoms with Crippen LogP contribution in [-0.2, 0) is 24.8 Å². The van der Waals surface area contributed by atoms with Crippen LogP contribution in [0.2, 0.25) is 0 Å². The lowest BCUT2D eigenvalue weighted by Gasteiger charge is -2.38. The molecule has 150 valence electrons. The predicted octanol–water partition coefficient (Wildman–Crippen LogP) is 1.65. The first-order valence-electron chi connectivity index (χ1n) is 9.89. The summed E-state index contributed by atoms with van der Waals surface area (Å²) in [4.78, 5) is 30.9. The lowest BCUT2D eigenvalue weighted by molar-refractivity contribution is -0.137. The smallest absolute Gasteiger partial charge is 0.254 e. The number of amides is 2. The summed E-state index contributed by atoms with van der Waals surface area (Å²) in [5.74, 6) is 0.144. The van der Waals surface area contributed by atoms with Crippen LogP contribution in [0.25, 0.3) is 0 Å². The molecule has 4 heterocycles. The Labute approximate surface area is 169 Å². The molecule has 2 amide bonds. The molecule has 2 aliphatic heterocycles. The maximum Gasteiger partial charge on any atom is 0.254 e. The van der Waals surface area contributed by atoms with Gasteiger partial charge in [0, 0.05) is 50.3 Å². The van der Waals surface area contributed by atoms with Gasteiger partial charge < -0.3 is 10.2 Å². The summed E-state index contributed by atoms with van der Waals surface area (Å²) < 4.78 is 1.63. The first kappa shape index (κ1) is 19.1. The number of carbonyl (C=O) groups is 2. The first-order chi connectivity index (χ1) is 13.5. The molecule has 0 aromatic carbocycles. The van der Waals surface area contributed by atoms with E-state index in [0.717, 1.165) is 45.4 Å². The summed E-state index contributed by atoms with van der Waals surface area (Å²) >= 11 is 1.79. The van der Waals surface area contributed by atoms with Crippen LogP contribution in [0.1, 0.15) is 40.6 Å². The lowest BCUT2D eigenvalue weighted by Crippen LogP contribution is -2.53. The van der Waals surface area contributed by atoms with Crippen molar-refractivity contribution in [3.63, 3.8) is 0 Å². The number of aryl methyl sites for hydroxylation is 1. The molecule has 4 rings (SSSR count). The van der Waals surface area contributed by atoms with Gasteiger partial charge >= 0.3 is 0 Å². The molecular formula is C20H27N5O2S. The predicted molar refractivity (Wildman–Crippen MR) is 108 cm³/mol. The Balaban J connectivity index is 1.27. The number of hydrogen-bond acceptors (Lipinski definition) is 5. The number of aromatic nitrogens is 2. The zero-order chi connectivity index (χ0) is 19.7. The molecule has 0 unspecified atom stereocenters. The van der Waals surface area contributed by atoms with Gasteiger partial charge in [-0.05, 0) is 43.2 Å². The topological polar surface area (TPSA) is 70.5 Å². The van der Waals surface area contributed by atoms with Gasteiger partial charge in [0.2, 0.25) is 5.91 Å². The fraction of sp³-hybridized carbons (Fsp3) is 0.550. The number of thiophene rings is 1. The number of rotatable bonds is 4. The van der Waals surface area contributed by atoms with Crippen molar-refractivity contribution in [1.29, 1.82) is 0 Å². The van der Waals surface area contributed by atoms with Gasteiger partial charge in [-0.15, -0.1) is 11.3 Å². The molecule has 1 saturated heterocycles. The zero-order valence-electron chi connectivity index (χ0n) is 16.4. The minimum atomic E-state index is -0.116. The summed E-state index contributed by atoms with van der Waals surface area (Å²) in [6.07, 6.45) is 6.00. The molecule has 7 nitrogen and oxygen atoms in total. The van der Waals surface area contributed by atoms with Crippen LogP contribution in [0.4, 0.5) is 0 Å². The van der Waals surface area contributed by atoms with Crippen LogP contribution in [0.5, 0.6) is 0 Å². The van der Waals surface area contributed by atoms with Crippen molar-refractivity contribution >= 4 is 23.2 Å². The molecule has 1 N–H and O–H groups in total. The minimum Gasteiger partial charge on any atom is -0.349 e. The van der Waals surface area contributed by atoms with Crippen LogP contribution < -0.4 is 5.32 Å². The van der Waals surface area contributed by atoms with Crippen molar-refractivity contribution in [2.45, 2.75) is 44.8 Å². The van der Waals surface area contributed by atoms with Crippen molar-refractivity contribution in [3.05, 3.63) is 39.8 Å². The summed E-state index contributed by atoms with van der Waals surface area (Å²) in [6, 6.07) is 2.17. The molecule has 0 saturated carbocycles. The number of hydrogen-bond donors (Lipinski definition) is 1. The third kappa shape index (κ3) is 3.98. The molecule has 2 aliphatic rings. The quantitative estimate of drug-likeness (QED) is 0.846. The summed E-state index contributed by atoms with van der Waals surface area (Å²) in [7, 11) is 1.80. The molecule has 1 fully saturated rings. The highest BCUT2D eigenvalue weighted by atomic mass is 32.1. The summed E-state index contributed by atoms with van der Waals surface area (Å²) in [5, 5.41) is 9.26. The Morgan fingerprint density at radius 2 is 2.07 bits per heavy atom. The number of nitrogens with one attached hydrogen (secondary N) is 1. The summed E-state index contributed by atoms with van der Waals surface area (Å²) in [5.41, 5.74) is 1.89. The van der Waals surface area contributed by atoms with E-state index in [4.69, 9.17) is 0 Å². The van der Waals surface area contributed by atoms with Crippen molar-refractivity contribution in [2.24, 2.45) is 7.05 Å². The van der Waals surface area contributed by atoms with Crippen molar-refractivity contribution in [1.82, 2.24) is 24.9 Å². The summed E-state index contributed by atoms with van der Waals surface area (Å²) in [6.45, 7) is 5.21. The molecule has 0 bridgehead atoms. The van der Waals surface area contributed by atoms with E-state index in [0.29, 0.717) is 5.56 Å². The van der Waals surface area contributed by atoms with E-state index in [9.17, 15) is 9.59 Å². The third-order valence-electron chi connectivity index (χ3n) is 5.86. The Morgan fingerprint density at radius 3 is 2.79 bits per heavy atom. The fourth-order valence-corrected chi connectivity index (χ4v) is 4.98. The largest absolute Gasteiger partial charge is 0.349 e. The molecular weight excluding hydrogens is 374 g/mol. The maximum absolute atomic E-state index is 13.0. The van der Waals surface area contributed by atoms with E-state index in [1.54, 1.807) is 35.5 Å². The van der Waals surface area contributed by atoms with Gasteiger partial charge in [-0.2, -0.15) is 5.10 Å². The number of nitrogens with zero attached hydrogens (tertiary/aromatic N) is 4. The second-order valence-electron chi connectivity index (χ2n) is 7.74. The van der Waals surface area contributed by atoms with Crippen LogP contribution in [-0.4, -0.2) is 63.1 Å². The highest BCUT2D eigenvalue weighted by molar-refractivity contribution is 7.10. The van der Waals surface area contributed by atoms with Crippen molar-refractivity contribution in [3.8, 4) is 0 Å². The van der Waals surface area contributed by atoms with E-state index < -0.39 is 0 Å². The highest BCUT2D eigenvalue weighted by Crippen LogP contribution is 2.25. The standard InChI is InChI=1S/C20H27N5O2S/c1-14(20(27)25-9-5-18-15(13-25)6-10-28-18)24-7-3-17(4-8-24)22-19(26)16-11-21-23(2)12-16/h6,10-12,14,17H,3-5,7-9,13H2,1-2H3,(H,22,26)/t14-/m1/s1. The first-order valence-corrected chi connectivity index (χ1v) is 10.8. The Bertz CT molecular complexity index is 852. The monoisotopic (exact) mass is 401 g/mol. The van der Waals surface area contributed by atoms with Gasteiger partial charge in [-0.25, -0.2) is 0 Å². The molecule has 2 aromatic heterocycles. The van der Waals surface area contributed by atoms with Crippen LogP contribution in [0, 0.1) is 0 Å². The average molecular weight is 402 g/mol. The van der Waals surface area contributed by atoms with E-state index in [1.165, 1.54) is 10.4 Å². The average Bonchev–Trinajstić information content (AvgIpc) is 3.35. The lowest BCUT2D eigenvalue weighted by atomic mass is 10.0. The van der Waals surface area contributed by atoms with Crippen LogP contribution in [0.3, 0.4) is 0 Å². The molecule has 0 aliphatic carbocycles. The van der Waals surface area contributed by atoms with Gasteiger partial charge in [0.05, 0.1) is 17.8 Å². The highest BCUT2D eigenvalue weighted by Gasteiger charge is 2.31. The number of fused-ring (bicyclic) bond motifs is 1. The van der Waals surface area contributed by atoms with Gasteiger partial charge in [0.1, 0.15) is 0 Å². The van der Waals surface area contributed by atoms with Crippen LogP contribution >= 0.6 is 11.3 Å². The molecule has 0 spiro atoms. The third-order valence-corrected chi connectivity index (χ3v) is 6.88. The molecule has 2 aromatic rings. The van der Waals surface area contributed by atoms with Gasteiger partial charge in [-0.3, -0.25) is 19.2 Å². The normalized spacial score (nSPS) is 19.3. The van der Waals surface area contributed by atoms with Crippen molar-refractivity contribution in [2.75, 3.05) is 19.6 Å². The molecule has 1 atom stereocenters. The van der Waals surface area contributed by atoms with Gasteiger partial charge in [0.15, 0.2) is 0 Å². The number of piperidine rings is 1. The second-order valence-corrected chi connectivity index (χ2v) is 8.74. The van der Waals surface area contributed by atoms with E-state index in [1.807, 2.05) is 11.8 Å². The van der Waals surface area contributed by atoms with E-state index in [-0.39, 0.29) is 23.9 Å². The Morgan fingerprint density at radius 1 is 1.29 bits per heavy atom. The molecule has 8 heteroatoms. The van der Waals surface area contributed by atoms with Crippen molar-refractivity contribution < 1.29 is 9.59 Å². The minimum absolute atomic E-state index is 0.0736. The maximum atomic E-state index is 13.0. The second kappa shape index (κ2) is 8.05. The molecule has 0 radical (unpaired) electrons. The van der Waals surface area contributed by atoms with E-state index >= 15 is 0 Å². The number of carbonyl (C=O) groups excluding carboxylic acids is 2. The zero-order valence-corrected chi connectivity index (χ0v) is 17.2. The SMILES string of the molecule is C[C@H](C(=O)N1CCc2sccc2C1)N1CCC(NC(=O)c2cnn(C)c2)CC1. The Kier molecular flexibility index (Phi) is 5.50. The van der Waals surface area contributed by atoms with E-state index in [2.05, 4.69) is 26.8 Å². The fourth-order valence-electron chi connectivity index (χ4n) is 4.10. The van der Waals surface area contributed by atoms with Gasteiger partial charge in [0.25, 0.3) is 5.91 Å². The Hall–Kier alpha value is -2.19. The van der Waals surface area contributed by atoms with Gasteiger partial charge in [-0.1, -0.05) is 0 Å². The molecule has 28 heavy (non-hydrogen) atoms.